The minimum atomic E-state index is -1.33. The van der Waals surface area contributed by atoms with Gasteiger partial charge < -0.3 is 63.5 Å². The molecule has 21 heteroatoms. The second kappa shape index (κ2) is 23.4. The van der Waals surface area contributed by atoms with Crippen LogP contribution in [0.3, 0.4) is 0 Å². The van der Waals surface area contributed by atoms with Crippen molar-refractivity contribution in [1.82, 2.24) is 46.8 Å². The summed E-state index contributed by atoms with van der Waals surface area (Å²) in [5, 5.41) is 42.3. The third kappa shape index (κ3) is 14.8. The second-order valence-electron chi connectivity index (χ2n) is 15.3. The van der Waals surface area contributed by atoms with Crippen LogP contribution in [0.15, 0.2) is 36.8 Å². The third-order valence-corrected chi connectivity index (χ3v) is 10.2. The van der Waals surface area contributed by atoms with Crippen molar-refractivity contribution in [2.24, 2.45) is 23.3 Å². The Hall–Kier alpha value is -6.25. The van der Waals surface area contributed by atoms with Crippen LogP contribution in [0.25, 0.3) is 0 Å². The standard InChI is InChI=1S/C39H60N12O9/c1-5-22(4)32(50-35(56)29-9-7-15-51(29)37(58)26(40)17-24-18-43-20-46-24)36(57)48-28(16-23-10-12-25(52)13-11-23)34(55)47-27(8-6-14-44-39(41)42)33(54)45-19-30(53)49-31(21(2)3)38(59)60/h10-13,18,20-22,26-29,31-32,52H,5-9,14-17,19,40H2,1-4H3,(H,43,46)(H,45,54)(H,47,55)(H,48,57)(H,49,53)(H,50,56)(H,59,60)(H4,41,42,44)/t22-,26-,27-,28-,29-,31-,32-/m0/s1. The van der Waals surface area contributed by atoms with E-state index in [1.54, 1.807) is 39.1 Å². The molecule has 0 bridgehead atoms. The fourth-order valence-electron chi connectivity index (χ4n) is 6.62. The number of carbonyl (C=O) groups excluding carboxylic acids is 6. The summed E-state index contributed by atoms with van der Waals surface area (Å²) in [6.45, 7) is 6.66. The number of carbonyl (C=O) groups is 7. The Morgan fingerprint density at radius 1 is 0.933 bits per heavy atom. The minimum absolute atomic E-state index is 0.00336. The first kappa shape index (κ1) is 48.1. The number of amides is 6. The van der Waals surface area contributed by atoms with Crippen molar-refractivity contribution in [1.29, 1.82) is 5.41 Å². The third-order valence-electron chi connectivity index (χ3n) is 10.2. The number of likely N-dealkylation sites (tertiary alicyclic amines) is 1. The van der Waals surface area contributed by atoms with Crippen molar-refractivity contribution >= 4 is 47.4 Å². The zero-order chi connectivity index (χ0) is 44.5. The number of guanidine groups is 1. The number of phenols is 1. The van der Waals surface area contributed by atoms with Gasteiger partial charge in [0.25, 0.3) is 0 Å². The number of aromatic nitrogens is 2. The highest BCUT2D eigenvalue weighted by atomic mass is 16.4. The molecule has 330 valence electrons. The van der Waals surface area contributed by atoms with E-state index in [0.717, 1.165) is 0 Å². The molecule has 6 amide bonds. The van der Waals surface area contributed by atoms with Gasteiger partial charge in [-0.15, -0.1) is 0 Å². The number of carboxylic acid groups (broad SMARTS) is 1. The lowest BCUT2D eigenvalue weighted by atomic mass is 9.96. The predicted octanol–water partition coefficient (Wildman–Crippen LogP) is -1.68. The maximum atomic E-state index is 14.1. The van der Waals surface area contributed by atoms with E-state index in [1.807, 2.05) is 6.92 Å². The number of phenolic OH excluding ortho intramolecular Hbond substituents is 1. The van der Waals surface area contributed by atoms with E-state index in [4.69, 9.17) is 16.9 Å². The number of rotatable bonds is 23. The molecule has 2 aromatic rings. The molecule has 0 radical (unpaired) electrons. The van der Waals surface area contributed by atoms with Gasteiger partial charge in [0.1, 0.15) is 36.0 Å². The van der Waals surface area contributed by atoms with Gasteiger partial charge in [-0.05, 0) is 55.2 Å². The molecular formula is C39H60N12O9. The van der Waals surface area contributed by atoms with Gasteiger partial charge >= 0.3 is 5.97 Å². The topological polar surface area (TPSA) is 340 Å². The van der Waals surface area contributed by atoms with Crippen LogP contribution >= 0.6 is 0 Å². The van der Waals surface area contributed by atoms with Crippen molar-refractivity contribution in [3.8, 4) is 5.75 Å². The minimum Gasteiger partial charge on any atom is -0.508 e. The number of hydrogen-bond donors (Lipinski definition) is 12. The Kier molecular flexibility index (Phi) is 18.7. The summed E-state index contributed by atoms with van der Waals surface area (Å²) in [7, 11) is 0. The molecule has 14 N–H and O–H groups in total. The summed E-state index contributed by atoms with van der Waals surface area (Å²) in [5.74, 6) is -6.51. The summed E-state index contributed by atoms with van der Waals surface area (Å²) in [4.78, 5) is 101. The molecule has 1 aromatic heterocycles. The van der Waals surface area contributed by atoms with E-state index in [-0.39, 0.29) is 43.9 Å². The van der Waals surface area contributed by atoms with E-state index < -0.39 is 96.0 Å². The molecule has 2 heterocycles. The summed E-state index contributed by atoms with van der Waals surface area (Å²) in [6.07, 6.45) is 4.72. The summed E-state index contributed by atoms with van der Waals surface area (Å²) >= 11 is 0. The van der Waals surface area contributed by atoms with Crippen molar-refractivity contribution < 1.29 is 43.8 Å². The zero-order valence-electron chi connectivity index (χ0n) is 34.5. The average molecular weight is 841 g/mol. The molecule has 21 nitrogen and oxygen atoms in total. The summed E-state index contributed by atoms with van der Waals surface area (Å²) < 4.78 is 0. The van der Waals surface area contributed by atoms with Crippen LogP contribution in [0.2, 0.25) is 0 Å². The van der Waals surface area contributed by atoms with Gasteiger partial charge in [0.2, 0.25) is 35.4 Å². The van der Waals surface area contributed by atoms with Gasteiger partial charge in [0, 0.05) is 32.1 Å². The number of nitrogens with one attached hydrogen (secondary N) is 8. The van der Waals surface area contributed by atoms with Crippen LogP contribution in [0, 0.1) is 17.2 Å². The normalized spacial score (nSPS) is 16.6. The lowest BCUT2D eigenvalue weighted by Crippen LogP contribution is -2.60. The molecule has 0 saturated carbocycles. The molecular weight excluding hydrogens is 781 g/mol. The summed E-state index contributed by atoms with van der Waals surface area (Å²) in [5.41, 5.74) is 12.7. The number of aromatic amines is 1. The molecule has 1 fully saturated rings. The Balaban J connectivity index is 1.82. The number of imidazole rings is 1. The predicted molar refractivity (Wildman–Crippen MR) is 219 cm³/mol. The van der Waals surface area contributed by atoms with Crippen LogP contribution in [0.4, 0.5) is 0 Å². The smallest absolute Gasteiger partial charge is 0.326 e. The SMILES string of the molecule is CC[C@H](C)[C@H](NC(=O)[C@@H]1CCCN1C(=O)[C@@H](N)Cc1c[nH]cn1)C(=O)N[C@@H](Cc1ccc(O)cc1)C(=O)N[C@@H](CCCNC(=N)N)C(=O)NCC(=O)N[C@H](C(=O)O)C(C)C. The molecule has 1 aliphatic heterocycles. The molecule has 7 atom stereocenters. The fraction of sp³-hybridized carbons (Fsp3) is 0.564. The number of nitrogens with two attached hydrogens (primary N) is 2. The fourth-order valence-corrected chi connectivity index (χ4v) is 6.62. The van der Waals surface area contributed by atoms with Crippen LogP contribution in [0.5, 0.6) is 5.75 Å². The maximum Gasteiger partial charge on any atom is 0.326 e. The molecule has 1 aliphatic rings. The number of benzene rings is 1. The zero-order valence-corrected chi connectivity index (χ0v) is 34.5. The van der Waals surface area contributed by atoms with Gasteiger partial charge in [-0.3, -0.25) is 34.2 Å². The van der Waals surface area contributed by atoms with Gasteiger partial charge in [0.05, 0.1) is 24.6 Å². The summed E-state index contributed by atoms with van der Waals surface area (Å²) in [6, 6.07) is -0.876. The van der Waals surface area contributed by atoms with Crippen LogP contribution in [-0.2, 0) is 46.4 Å². The van der Waals surface area contributed by atoms with Crippen molar-refractivity contribution in [2.45, 2.75) is 109 Å². The van der Waals surface area contributed by atoms with Crippen molar-refractivity contribution in [3.63, 3.8) is 0 Å². The Morgan fingerprint density at radius 3 is 2.22 bits per heavy atom. The van der Waals surface area contributed by atoms with Crippen molar-refractivity contribution in [3.05, 3.63) is 48.0 Å². The number of aromatic hydroxyl groups is 1. The highest BCUT2D eigenvalue weighted by molar-refractivity contribution is 5.97. The first-order valence-electron chi connectivity index (χ1n) is 20.0. The van der Waals surface area contributed by atoms with Crippen LogP contribution in [-0.4, -0.2) is 128 Å². The van der Waals surface area contributed by atoms with Gasteiger partial charge in [-0.25, -0.2) is 9.78 Å². The highest BCUT2D eigenvalue weighted by Gasteiger charge is 2.39. The van der Waals surface area contributed by atoms with E-state index >= 15 is 0 Å². The number of H-pyrrole nitrogens is 1. The highest BCUT2D eigenvalue weighted by Crippen LogP contribution is 2.21. The number of nitrogens with zero attached hydrogens (tertiary/aromatic N) is 2. The molecule has 3 rings (SSSR count). The Labute approximate surface area is 348 Å². The average Bonchev–Trinajstić information content (AvgIpc) is 3.91. The maximum absolute atomic E-state index is 14.1. The van der Waals surface area contributed by atoms with Crippen molar-refractivity contribution in [2.75, 3.05) is 19.6 Å². The van der Waals surface area contributed by atoms with E-state index in [2.05, 4.69) is 41.9 Å². The molecule has 60 heavy (non-hydrogen) atoms. The first-order chi connectivity index (χ1) is 28.4. The first-order valence-corrected chi connectivity index (χ1v) is 20.0. The lowest BCUT2D eigenvalue weighted by molar-refractivity contribution is -0.143. The molecule has 0 spiro atoms. The van der Waals surface area contributed by atoms with Crippen LogP contribution < -0.4 is 43.4 Å². The second-order valence-corrected chi connectivity index (χ2v) is 15.3. The molecule has 0 unspecified atom stereocenters. The number of aliphatic carboxylic acids is 1. The molecule has 1 aromatic carbocycles. The van der Waals surface area contributed by atoms with E-state index in [0.29, 0.717) is 37.1 Å². The lowest BCUT2D eigenvalue weighted by Gasteiger charge is -2.31. The van der Waals surface area contributed by atoms with E-state index in [9.17, 15) is 43.8 Å². The monoisotopic (exact) mass is 840 g/mol. The quantitative estimate of drug-likeness (QED) is 0.0339. The number of carboxylic acids is 1. The number of hydrogen-bond acceptors (Lipinski definition) is 11. The Bertz CT molecular complexity index is 1790. The van der Waals surface area contributed by atoms with Gasteiger partial charge in [-0.2, -0.15) is 0 Å². The molecule has 0 aliphatic carbocycles. The molecule has 1 saturated heterocycles. The largest absolute Gasteiger partial charge is 0.508 e. The van der Waals surface area contributed by atoms with Gasteiger partial charge in [-0.1, -0.05) is 46.2 Å². The van der Waals surface area contributed by atoms with Crippen LogP contribution in [0.1, 0.15) is 71.1 Å². The van der Waals surface area contributed by atoms with E-state index in [1.165, 1.54) is 23.4 Å². The van der Waals surface area contributed by atoms with Gasteiger partial charge in [0.15, 0.2) is 5.96 Å². The Morgan fingerprint density at radius 2 is 1.62 bits per heavy atom.